The maximum atomic E-state index is 11.6. The normalized spacial score (nSPS) is 16.7. The lowest BCUT2D eigenvalue weighted by Crippen LogP contribution is -2.45. The number of aliphatic carboxylic acids is 1. The average molecular weight is 274 g/mol. The van der Waals surface area contributed by atoms with Gasteiger partial charge in [0, 0.05) is 12.3 Å². The quantitative estimate of drug-likeness (QED) is 0.720. The number of carboxylic acid groups (broad SMARTS) is 1. The number of carbonyl (C=O) groups excluding carboxylic acids is 2. The first-order valence-corrected chi connectivity index (χ1v) is 6.97. The van der Waals surface area contributed by atoms with Crippen molar-refractivity contribution >= 4 is 28.9 Å². The van der Waals surface area contributed by atoms with Crippen LogP contribution in [0, 0.1) is 0 Å². The summed E-state index contributed by atoms with van der Waals surface area (Å²) in [6, 6.07) is -0.859. The zero-order valence-corrected chi connectivity index (χ0v) is 11.2. The SMILES string of the molecule is CCCCC(NC(=O)CN1CCSC1=O)C(=O)O. The molecule has 1 fully saturated rings. The molecule has 2 N–H and O–H groups in total. The molecule has 18 heavy (non-hydrogen) atoms. The molecule has 1 rings (SSSR count). The van der Waals surface area contributed by atoms with E-state index in [1.807, 2.05) is 6.92 Å². The Labute approximate surface area is 110 Å². The second-order valence-corrected chi connectivity index (χ2v) is 5.18. The van der Waals surface area contributed by atoms with Crippen LogP contribution < -0.4 is 5.32 Å². The Hall–Kier alpha value is -1.24. The molecule has 0 spiro atoms. The Bertz CT molecular complexity index is 335. The molecule has 1 heterocycles. The largest absolute Gasteiger partial charge is 0.480 e. The Morgan fingerprint density at radius 2 is 2.28 bits per heavy atom. The third-order valence-electron chi connectivity index (χ3n) is 2.66. The standard InChI is InChI=1S/C11H18N2O4S/c1-2-3-4-8(10(15)16)12-9(14)7-13-5-6-18-11(13)17/h8H,2-7H2,1H3,(H,12,14)(H,15,16). The van der Waals surface area contributed by atoms with E-state index in [2.05, 4.69) is 5.32 Å². The van der Waals surface area contributed by atoms with E-state index in [9.17, 15) is 14.4 Å². The van der Waals surface area contributed by atoms with Crippen molar-refractivity contribution in [2.75, 3.05) is 18.8 Å². The van der Waals surface area contributed by atoms with Gasteiger partial charge in [0.15, 0.2) is 0 Å². The fourth-order valence-corrected chi connectivity index (χ4v) is 2.47. The third kappa shape index (κ3) is 4.56. The van der Waals surface area contributed by atoms with Crippen LogP contribution >= 0.6 is 11.8 Å². The van der Waals surface area contributed by atoms with Gasteiger partial charge in [0.2, 0.25) is 5.91 Å². The summed E-state index contributed by atoms with van der Waals surface area (Å²) in [6.45, 7) is 2.45. The van der Waals surface area contributed by atoms with E-state index in [-0.39, 0.29) is 11.8 Å². The first kappa shape index (κ1) is 14.8. The number of hydrogen-bond donors (Lipinski definition) is 2. The number of unbranched alkanes of at least 4 members (excludes halogenated alkanes) is 1. The molecule has 1 atom stereocenters. The molecular weight excluding hydrogens is 256 g/mol. The van der Waals surface area contributed by atoms with E-state index in [0.29, 0.717) is 18.7 Å². The number of amides is 2. The van der Waals surface area contributed by atoms with E-state index in [4.69, 9.17) is 5.11 Å². The van der Waals surface area contributed by atoms with Gasteiger partial charge in [0.1, 0.15) is 12.6 Å². The lowest BCUT2D eigenvalue weighted by atomic mass is 10.1. The molecule has 0 radical (unpaired) electrons. The molecular formula is C11H18N2O4S. The molecule has 6 nitrogen and oxygen atoms in total. The van der Waals surface area contributed by atoms with Crippen molar-refractivity contribution in [2.24, 2.45) is 0 Å². The molecule has 0 aromatic rings. The Morgan fingerprint density at radius 1 is 1.56 bits per heavy atom. The number of thioether (sulfide) groups is 1. The minimum Gasteiger partial charge on any atom is -0.480 e. The first-order chi connectivity index (χ1) is 8.54. The maximum absolute atomic E-state index is 11.6. The van der Waals surface area contributed by atoms with Crippen LogP contribution in [0.1, 0.15) is 26.2 Å². The minimum atomic E-state index is -1.03. The van der Waals surface area contributed by atoms with Crippen LogP contribution in [0.3, 0.4) is 0 Å². The molecule has 102 valence electrons. The van der Waals surface area contributed by atoms with Gasteiger partial charge < -0.3 is 15.3 Å². The molecule has 0 bridgehead atoms. The van der Waals surface area contributed by atoms with E-state index >= 15 is 0 Å². The smallest absolute Gasteiger partial charge is 0.326 e. The van der Waals surface area contributed by atoms with Crippen LogP contribution in [0.25, 0.3) is 0 Å². The number of carbonyl (C=O) groups is 3. The van der Waals surface area contributed by atoms with Gasteiger partial charge in [-0.3, -0.25) is 9.59 Å². The molecule has 0 saturated carbocycles. The second kappa shape index (κ2) is 7.25. The first-order valence-electron chi connectivity index (χ1n) is 5.98. The molecule has 0 aromatic heterocycles. The highest BCUT2D eigenvalue weighted by Gasteiger charge is 2.25. The Kier molecular flexibility index (Phi) is 5.97. The summed E-state index contributed by atoms with van der Waals surface area (Å²) in [5.41, 5.74) is 0. The molecule has 1 aliphatic rings. The number of carboxylic acids is 1. The van der Waals surface area contributed by atoms with Crippen molar-refractivity contribution in [3.8, 4) is 0 Å². The average Bonchev–Trinajstić information content (AvgIpc) is 2.70. The van der Waals surface area contributed by atoms with Crippen molar-refractivity contribution in [1.82, 2.24) is 10.2 Å². The van der Waals surface area contributed by atoms with Gasteiger partial charge in [0.25, 0.3) is 5.24 Å². The summed E-state index contributed by atoms with van der Waals surface area (Å²) in [4.78, 5) is 35.3. The van der Waals surface area contributed by atoms with E-state index in [1.165, 1.54) is 16.7 Å². The van der Waals surface area contributed by atoms with E-state index < -0.39 is 17.9 Å². The van der Waals surface area contributed by atoms with Gasteiger partial charge in [-0.05, 0) is 6.42 Å². The summed E-state index contributed by atoms with van der Waals surface area (Å²) in [5.74, 6) is -0.752. The van der Waals surface area contributed by atoms with Crippen molar-refractivity contribution < 1.29 is 19.5 Å². The predicted octanol–water partition coefficient (Wildman–Crippen LogP) is 0.915. The molecule has 0 aliphatic carbocycles. The molecule has 1 aliphatic heterocycles. The summed E-state index contributed by atoms with van der Waals surface area (Å²) in [7, 11) is 0. The van der Waals surface area contributed by atoms with Crippen LogP contribution in [0.4, 0.5) is 4.79 Å². The van der Waals surface area contributed by atoms with Gasteiger partial charge >= 0.3 is 5.97 Å². The highest BCUT2D eigenvalue weighted by molar-refractivity contribution is 8.13. The Balaban J connectivity index is 2.40. The fourth-order valence-electron chi connectivity index (χ4n) is 1.65. The van der Waals surface area contributed by atoms with Crippen LogP contribution in [0.2, 0.25) is 0 Å². The zero-order chi connectivity index (χ0) is 13.5. The van der Waals surface area contributed by atoms with Crippen LogP contribution in [0.15, 0.2) is 0 Å². The molecule has 7 heteroatoms. The van der Waals surface area contributed by atoms with Gasteiger partial charge in [-0.2, -0.15) is 0 Å². The van der Waals surface area contributed by atoms with Gasteiger partial charge in [-0.25, -0.2) is 4.79 Å². The van der Waals surface area contributed by atoms with Crippen LogP contribution in [-0.4, -0.2) is 52.0 Å². The highest BCUT2D eigenvalue weighted by Crippen LogP contribution is 2.16. The number of hydrogen-bond acceptors (Lipinski definition) is 4. The van der Waals surface area contributed by atoms with Crippen molar-refractivity contribution in [3.63, 3.8) is 0 Å². The zero-order valence-electron chi connectivity index (χ0n) is 10.3. The van der Waals surface area contributed by atoms with Gasteiger partial charge in [0.05, 0.1) is 0 Å². The van der Waals surface area contributed by atoms with Gasteiger partial charge in [-0.1, -0.05) is 31.5 Å². The van der Waals surface area contributed by atoms with Crippen LogP contribution in [-0.2, 0) is 9.59 Å². The number of rotatable bonds is 7. The summed E-state index contributed by atoms with van der Waals surface area (Å²) in [5, 5.41) is 11.3. The summed E-state index contributed by atoms with van der Waals surface area (Å²) in [6.07, 6.45) is 2.04. The van der Waals surface area contributed by atoms with Crippen LogP contribution in [0.5, 0.6) is 0 Å². The van der Waals surface area contributed by atoms with E-state index in [0.717, 1.165) is 12.8 Å². The number of nitrogens with zero attached hydrogens (tertiary/aromatic N) is 1. The number of nitrogens with one attached hydrogen (secondary N) is 1. The van der Waals surface area contributed by atoms with Gasteiger partial charge in [-0.15, -0.1) is 0 Å². The highest BCUT2D eigenvalue weighted by atomic mass is 32.2. The lowest BCUT2D eigenvalue weighted by Gasteiger charge is -2.17. The lowest BCUT2D eigenvalue weighted by molar-refractivity contribution is -0.142. The summed E-state index contributed by atoms with van der Waals surface area (Å²) < 4.78 is 0. The van der Waals surface area contributed by atoms with Crippen molar-refractivity contribution in [2.45, 2.75) is 32.2 Å². The van der Waals surface area contributed by atoms with Crippen molar-refractivity contribution in [3.05, 3.63) is 0 Å². The maximum Gasteiger partial charge on any atom is 0.326 e. The minimum absolute atomic E-state index is 0.0538. The molecule has 2 amide bonds. The molecule has 1 unspecified atom stereocenters. The summed E-state index contributed by atoms with van der Waals surface area (Å²) >= 11 is 1.18. The van der Waals surface area contributed by atoms with E-state index in [1.54, 1.807) is 0 Å². The Morgan fingerprint density at radius 3 is 2.78 bits per heavy atom. The topological polar surface area (TPSA) is 86.7 Å². The monoisotopic (exact) mass is 274 g/mol. The predicted molar refractivity (Wildman–Crippen MR) is 68.5 cm³/mol. The third-order valence-corrected chi connectivity index (χ3v) is 3.55. The van der Waals surface area contributed by atoms with Crippen molar-refractivity contribution in [1.29, 1.82) is 0 Å². The molecule has 0 aromatic carbocycles. The molecule has 1 saturated heterocycles. The second-order valence-electron chi connectivity index (χ2n) is 4.14. The fraction of sp³-hybridized carbons (Fsp3) is 0.727.